The molecule has 31 heavy (non-hydrogen) atoms. The molecule has 0 bridgehead atoms. The third kappa shape index (κ3) is 6.40. The van der Waals surface area contributed by atoms with E-state index in [4.69, 9.17) is 14.2 Å². The maximum atomic E-state index is 15.3. The summed E-state index contributed by atoms with van der Waals surface area (Å²) in [4.78, 5) is 30.4. The maximum absolute atomic E-state index is 15.3. The minimum Gasteiger partial charge on any atom is -0.494 e. The second-order valence-electron chi connectivity index (χ2n) is 8.86. The van der Waals surface area contributed by atoms with E-state index in [9.17, 15) is 9.59 Å². The summed E-state index contributed by atoms with van der Waals surface area (Å²) >= 11 is 0. The lowest BCUT2D eigenvalue weighted by molar-refractivity contribution is -0.000416. The smallest absolute Gasteiger partial charge is 0.420 e. The van der Waals surface area contributed by atoms with Crippen LogP contribution < -0.4 is 4.74 Å². The van der Waals surface area contributed by atoms with E-state index in [-0.39, 0.29) is 17.0 Å². The highest BCUT2D eigenvalue weighted by Crippen LogP contribution is 2.28. The van der Waals surface area contributed by atoms with Crippen molar-refractivity contribution in [1.82, 2.24) is 19.7 Å². The Morgan fingerprint density at radius 1 is 1.06 bits per heavy atom. The van der Waals surface area contributed by atoms with Gasteiger partial charge < -0.3 is 14.2 Å². The van der Waals surface area contributed by atoms with Crippen molar-refractivity contribution in [1.29, 1.82) is 0 Å². The number of hydrogen-bond donors (Lipinski definition) is 0. The van der Waals surface area contributed by atoms with Crippen LogP contribution in [0.5, 0.6) is 5.75 Å². The zero-order valence-electron chi connectivity index (χ0n) is 19.1. The van der Waals surface area contributed by atoms with E-state index in [1.165, 1.54) is 24.2 Å². The molecule has 1 aromatic carbocycles. The summed E-state index contributed by atoms with van der Waals surface area (Å²) in [5.74, 6) is -0.326. The zero-order valence-corrected chi connectivity index (χ0v) is 19.1. The molecule has 9 nitrogen and oxygen atoms in total. The van der Waals surface area contributed by atoms with Gasteiger partial charge in [0.15, 0.2) is 11.6 Å². The normalized spacial score (nSPS) is 11.8. The number of carbonyl (C=O) groups excluding carboxylic acids is 2. The van der Waals surface area contributed by atoms with E-state index in [1.54, 1.807) is 54.5 Å². The number of carbonyl (C=O) groups is 2. The predicted molar refractivity (Wildman–Crippen MR) is 111 cm³/mol. The highest BCUT2D eigenvalue weighted by atomic mass is 19.1. The van der Waals surface area contributed by atoms with E-state index in [2.05, 4.69) is 10.1 Å². The average molecular weight is 436 g/mol. The highest BCUT2D eigenvalue weighted by Gasteiger charge is 2.33. The summed E-state index contributed by atoms with van der Waals surface area (Å²) in [6, 6.07) is 2.99. The number of rotatable bonds is 4. The van der Waals surface area contributed by atoms with Crippen molar-refractivity contribution in [2.75, 3.05) is 7.11 Å². The monoisotopic (exact) mass is 436 g/mol. The number of ether oxygens (including phenoxy) is 3. The van der Waals surface area contributed by atoms with Crippen molar-refractivity contribution >= 4 is 12.2 Å². The summed E-state index contributed by atoms with van der Waals surface area (Å²) in [6.45, 7) is 11.2. The van der Waals surface area contributed by atoms with Crippen LogP contribution in [0.15, 0.2) is 18.5 Å². The van der Waals surface area contributed by atoms with E-state index in [0.717, 1.165) is 0 Å². The predicted octanol–water partition coefficient (Wildman–Crippen LogP) is 4.40. The summed E-state index contributed by atoms with van der Waals surface area (Å²) in [6.07, 6.45) is -0.528. The van der Waals surface area contributed by atoms with Crippen LogP contribution in [0, 0.1) is 12.7 Å². The highest BCUT2D eigenvalue weighted by molar-refractivity contribution is 5.88. The van der Waals surface area contributed by atoms with Crippen molar-refractivity contribution in [3.05, 3.63) is 35.7 Å². The largest absolute Gasteiger partial charge is 0.494 e. The molecular formula is C21H29FN4O5. The Kier molecular flexibility index (Phi) is 6.93. The third-order valence-corrected chi connectivity index (χ3v) is 3.80. The second-order valence-corrected chi connectivity index (χ2v) is 8.86. The van der Waals surface area contributed by atoms with Crippen LogP contribution in [-0.2, 0) is 16.0 Å². The summed E-state index contributed by atoms with van der Waals surface area (Å²) in [7, 11) is 1.32. The van der Waals surface area contributed by atoms with Crippen LogP contribution in [0.2, 0.25) is 0 Å². The van der Waals surface area contributed by atoms with Gasteiger partial charge in [-0.05, 0) is 60.6 Å². The van der Waals surface area contributed by atoms with Gasteiger partial charge in [-0.15, -0.1) is 0 Å². The fourth-order valence-electron chi connectivity index (χ4n) is 2.57. The minimum atomic E-state index is -0.968. The first kappa shape index (κ1) is 24.1. The van der Waals surface area contributed by atoms with Gasteiger partial charge in [-0.25, -0.2) is 28.5 Å². The lowest BCUT2D eigenvalue weighted by Gasteiger charge is -2.29. The van der Waals surface area contributed by atoms with Gasteiger partial charge in [0.2, 0.25) is 0 Å². The number of imide groups is 1. The minimum absolute atomic E-state index is 0.0130. The molecule has 0 aliphatic carbocycles. The molecule has 170 valence electrons. The average Bonchev–Trinajstić information content (AvgIpc) is 3.03. The SMILES string of the molecule is COc1ccc(-n2cnc(C)n2)c(CN(C(=O)OC(C)(C)C)C(=O)OC(C)(C)C)c1F. The topological polar surface area (TPSA) is 95.8 Å². The zero-order chi connectivity index (χ0) is 23.6. The standard InChI is InChI=1S/C21H29FN4O5/c1-13-23-12-26(24-13)15-9-10-16(29-8)17(22)14(15)11-25(18(27)30-20(2,3)4)19(28)31-21(5,6)7/h9-10,12H,11H2,1-8H3. The van der Waals surface area contributed by atoms with Crippen molar-refractivity contribution in [3.8, 4) is 11.4 Å². The molecular weight excluding hydrogens is 407 g/mol. The quantitative estimate of drug-likeness (QED) is 0.701. The molecule has 0 fully saturated rings. The molecule has 10 heteroatoms. The van der Waals surface area contributed by atoms with E-state index < -0.39 is 35.8 Å². The van der Waals surface area contributed by atoms with Crippen LogP contribution in [0.25, 0.3) is 5.69 Å². The van der Waals surface area contributed by atoms with Crippen molar-refractivity contribution < 1.29 is 28.2 Å². The van der Waals surface area contributed by atoms with Gasteiger partial charge >= 0.3 is 12.2 Å². The van der Waals surface area contributed by atoms with Gasteiger partial charge in [0.25, 0.3) is 0 Å². The van der Waals surface area contributed by atoms with E-state index >= 15 is 4.39 Å². The molecule has 0 spiro atoms. The number of methoxy groups -OCH3 is 1. The lowest BCUT2D eigenvalue weighted by atomic mass is 10.1. The molecule has 0 atom stereocenters. The summed E-state index contributed by atoms with van der Waals surface area (Å²) in [5, 5.41) is 4.20. The number of aryl methyl sites for hydroxylation is 1. The lowest BCUT2D eigenvalue weighted by Crippen LogP contribution is -2.43. The number of aromatic nitrogens is 3. The Balaban J connectivity index is 2.56. The Labute approximate surface area is 181 Å². The fourth-order valence-corrected chi connectivity index (χ4v) is 2.57. The van der Waals surface area contributed by atoms with Gasteiger partial charge in [-0.2, -0.15) is 5.10 Å². The third-order valence-electron chi connectivity index (χ3n) is 3.80. The molecule has 2 aromatic rings. The summed E-state index contributed by atoms with van der Waals surface area (Å²) < 4.78 is 32.4. The van der Waals surface area contributed by atoms with Crippen LogP contribution in [0.3, 0.4) is 0 Å². The molecule has 0 saturated carbocycles. The van der Waals surface area contributed by atoms with Gasteiger partial charge in [-0.1, -0.05) is 0 Å². The first-order valence-electron chi connectivity index (χ1n) is 9.69. The molecule has 2 rings (SSSR count). The number of amides is 2. The Morgan fingerprint density at radius 3 is 2.03 bits per heavy atom. The van der Waals surface area contributed by atoms with E-state index in [0.29, 0.717) is 10.7 Å². The Hall–Kier alpha value is -3.17. The maximum Gasteiger partial charge on any atom is 0.420 e. The Morgan fingerprint density at radius 2 is 1.61 bits per heavy atom. The number of nitrogens with zero attached hydrogens (tertiary/aromatic N) is 4. The van der Waals surface area contributed by atoms with Gasteiger partial charge in [0.1, 0.15) is 23.4 Å². The van der Waals surface area contributed by atoms with Crippen molar-refractivity contribution in [3.63, 3.8) is 0 Å². The van der Waals surface area contributed by atoms with Crippen LogP contribution >= 0.6 is 0 Å². The van der Waals surface area contributed by atoms with Gasteiger partial charge in [0, 0.05) is 5.56 Å². The molecule has 0 unspecified atom stereocenters. The molecule has 0 aliphatic heterocycles. The van der Waals surface area contributed by atoms with Crippen LogP contribution in [-0.4, -0.2) is 50.2 Å². The Bertz CT molecular complexity index is 932. The first-order valence-corrected chi connectivity index (χ1v) is 9.69. The van der Waals surface area contributed by atoms with Gasteiger partial charge in [-0.3, -0.25) is 0 Å². The number of halogens is 1. The molecule has 0 aliphatic rings. The van der Waals surface area contributed by atoms with E-state index in [1.807, 2.05) is 0 Å². The summed E-state index contributed by atoms with van der Waals surface area (Å²) in [5.41, 5.74) is -1.48. The fraction of sp³-hybridized carbons (Fsp3) is 0.524. The molecule has 1 heterocycles. The molecule has 0 radical (unpaired) electrons. The van der Waals surface area contributed by atoms with Crippen molar-refractivity contribution in [2.45, 2.75) is 66.2 Å². The molecule has 0 saturated heterocycles. The van der Waals surface area contributed by atoms with Crippen molar-refractivity contribution in [2.24, 2.45) is 0 Å². The number of hydrogen-bond acceptors (Lipinski definition) is 7. The van der Waals surface area contributed by atoms with Crippen LogP contribution in [0.4, 0.5) is 14.0 Å². The van der Waals surface area contributed by atoms with Gasteiger partial charge in [0.05, 0.1) is 19.3 Å². The molecule has 1 aromatic heterocycles. The number of benzene rings is 1. The molecule has 0 N–H and O–H groups in total. The second kappa shape index (κ2) is 8.91. The van der Waals surface area contributed by atoms with Crippen LogP contribution in [0.1, 0.15) is 52.9 Å². The molecule has 2 amide bonds. The first-order chi connectivity index (χ1) is 14.2.